The molecule has 160 valence electrons. The Morgan fingerprint density at radius 2 is 1.80 bits per heavy atom. The highest BCUT2D eigenvalue weighted by Gasteiger charge is 2.38. The first-order chi connectivity index (χ1) is 14.0. The number of alkyl halides is 3. The zero-order valence-corrected chi connectivity index (χ0v) is 16.5. The highest BCUT2D eigenvalue weighted by atomic mass is 35.5. The number of non-ortho nitro benzene ring substituents is 1. The van der Waals surface area contributed by atoms with E-state index in [0.717, 1.165) is 18.2 Å². The zero-order valence-electron chi connectivity index (χ0n) is 15.7. The summed E-state index contributed by atoms with van der Waals surface area (Å²) in [5.41, 5.74) is -2.04. The van der Waals surface area contributed by atoms with Crippen molar-refractivity contribution < 1.29 is 32.4 Å². The first-order valence-corrected chi connectivity index (χ1v) is 8.97. The molecule has 1 unspecified atom stereocenters. The number of hydrogen-bond donors (Lipinski definition) is 1. The van der Waals surface area contributed by atoms with Crippen molar-refractivity contribution in [2.75, 3.05) is 6.61 Å². The summed E-state index contributed by atoms with van der Waals surface area (Å²) in [6, 6.07) is 5.46. The summed E-state index contributed by atoms with van der Waals surface area (Å²) in [5.74, 6) is -2.03. The van der Waals surface area contributed by atoms with E-state index in [4.69, 9.17) is 16.3 Å². The maximum absolute atomic E-state index is 13.5. The third-order valence-electron chi connectivity index (χ3n) is 4.05. The van der Waals surface area contributed by atoms with Crippen molar-refractivity contribution in [2.45, 2.75) is 26.1 Å². The minimum absolute atomic E-state index is 0.0310. The highest BCUT2D eigenvalue weighted by Crippen LogP contribution is 2.40. The number of nitrogens with zero attached hydrogens (tertiary/aromatic N) is 1. The molecule has 0 aromatic heterocycles. The van der Waals surface area contributed by atoms with Gasteiger partial charge in [-0.1, -0.05) is 17.7 Å². The van der Waals surface area contributed by atoms with E-state index < -0.39 is 45.2 Å². The second kappa shape index (κ2) is 9.12. The van der Waals surface area contributed by atoms with Crippen LogP contribution in [0, 0.1) is 10.1 Å². The maximum Gasteiger partial charge on any atom is 0.417 e. The Kier molecular flexibility index (Phi) is 7.04. The smallest absolute Gasteiger partial charge is 0.417 e. The number of benzene rings is 2. The molecule has 1 N–H and O–H groups in total. The molecule has 0 spiro atoms. The van der Waals surface area contributed by atoms with Crippen molar-refractivity contribution in [1.29, 1.82) is 0 Å². The van der Waals surface area contributed by atoms with Crippen LogP contribution < -0.4 is 5.32 Å². The van der Waals surface area contributed by atoms with Crippen molar-refractivity contribution >= 4 is 29.2 Å². The SMILES string of the molecule is CCOC(=O)C(C)NC(=O)c1c(C(F)(F)F)ccc(-c2ccc([N+](=O)[O-])cc2)c1Cl. The Morgan fingerprint density at radius 3 is 2.30 bits per heavy atom. The fraction of sp³-hybridized carbons (Fsp3) is 0.263. The zero-order chi connectivity index (χ0) is 22.6. The van der Waals surface area contributed by atoms with Gasteiger partial charge in [0.15, 0.2) is 0 Å². The molecule has 11 heteroatoms. The lowest BCUT2D eigenvalue weighted by Gasteiger charge is -2.19. The molecular weight excluding hydrogens is 429 g/mol. The van der Waals surface area contributed by atoms with E-state index >= 15 is 0 Å². The fourth-order valence-corrected chi connectivity index (χ4v) is 2.97. The summed E-state index contributed by atoms with van der Waals surface area (Å²) in [5, 5.41) is 12.4. The molecule has 7 nitrogen and oxygen atoms in total. The number of rotatable bonds is 6. The van der Waals surface area contributed by atoms with Gasteiger partial charge in [-0.25, -0.2) is 4.79 Å². The monoisotopic (exact) mass is 444 g/mol. The molecule has 2 aromatic rings. The average molecular weight is 445 g/mol. The quantitative estimate of drug-likeness (QED) is 0.398. The van der Waals surface area contributed by atoms with Crippen LogP contribution in [-0.2, 0) is 15.7 Å². The van der Waals surface area contributed by atoms with Crippen LogP contribution in [0.5, 0.6) is 0 Å². The van der Waals surface area contributed by atoms with Crippen molar-refractivity contribution in [2.24, 2.45) is 0 Å². The molecule has 2 aromatic carbocycles. The fourth-order valence-electron chi connectivity index (χ4n) is 2.61. The van der Waals surface area contributed by atoms with Gasteiger partial charge in [-0.3, -0.25) is 14.9 Å². The van der Waals surface area contributed by atoms with Crippen molar-refractivity contribution in [3.05, 3.63) is 62.7 Å². The minimum Gasteiger partial charge on any atom is -0.464 e. The Hall–Kier alpha value is -3.14. The summed E-state index contributed by atoms with van der Waals surface area (Å²) in [6.45, 7) is 2.83. The normalized spacial score (nSPS) is 12.2. The Balaban J connectivity index is 2.53. The molecule has 2 rings (SSSR count). The third kappa shape index (κ3) is 5.07. The van der Waals surface area contributed by atoms with Crippen LogP contribution in [-0.4, -0.2) is 29.4 Å². The molecule has 0 heterocycles. The molecule has 0 aliphatic heterocycles. The number of carbonyl (C=O) groups excluding carboxylic acids is 2. The second-order valence-corrected chi connectivity index (χ2v) is 6.48. The topological polar surface area (TPSA) is 98.5 Å². The molecule has 0 bridgehead atoms. The largest absolute Gasteiger partial charge is 0.464 e. The summed E-state index contributed by atoms with van der Waals surface area (Å²) in [7, 11) is 0. The van der Waals surface area contributed by atoms with E-state index in [1.54, 1.807) is 6.92 Å². The molecule has 0 radical (unpaired) electrons. The molecule has 0 saturated carbocycles. The number of carbonyl (C=O) groups is 2. The summed E-state index contributed by atoms with van der Waals surface area (Å²) in [6.07, 6.45) is -4.89. The number of halogens is 4. The van der Waals surface area contributed by atoms with E-state index in [0.29, 0.717) is 6.07 Å². The number of nitro benzene ring substituents is 1. The van der Waals surface area contributed by atoms with Gasteiger partial charge in [-0.15, -0.1) is 0 Å². The van der Waals surface area contributed by atoms with Crippen LogP contribution in [0.1, 0.15) is 29.8 Å². The molecule has 30 heavy (non-hydrogen) atoms. The van der Waals surface area contributed by atoms with E-state index in [2.05, 4.69) is 5.32 Å². The van der Waals surface area contributed by atoms with Crippen LogP contribution in [0.4, 0.5) is 18.9 Å². The van der Waals surface area contributed by atoms with E-state index in [9.17, 15) is 32.9 Å². The summed E-state index contributed by atoms with van der Waals surface area (Å²) in [4.78, 5) is 34.4. The Labute approximate surface area is 173 Å². The first kappa shape index (κ1) is 23.1. The Bertz CT molecular complexity index is 977. The van der Waals surface area contributed by atoms with Crippen LogP contribution in [0.2, 0.25) is 5.02 Å². The lowest BCUT2D eigenvalue weighted by molar-refractivity contribution is -0.384. The maximum atomic E-state index is 13.5. The van der Waals surface area contributed by atoms with Crippen molar-refractivity contribution in [3.63, 3.8) is 0 Å². The van der Waals surface area contributed by atoms with E-state index in [1.807, 2.05) is 0 Å². The van der Waals surface area contributed by atoms with Gasteiger partial charge in [-0.05, 0) is 37.6 Å². The standard InChI is InChI=1S/C19H16ClF3N2O5/c1-3-30-18(27)10(2)24-17(26)15-14(19(21,22)23)9-8-13(16(15)20)11-4-6-12(7-5-11)25(28)29/h4-10H,3H2,1-2H3,(H,24,26). The number of ether oxygens (including phenoxy) is 1. The van der Waals surface area contributed by atoms with Gasteiger partial charge in [-0.2, -0.15) is 13.2 Å². The molecule has 0 saturated heterocycles. The van der Waals surface area contributed by atoms with Crippen molar-refractivity contribution in [3.8, 4) is 11.1 Å². The molecule has 0 fully saturated rings. The molecule has 0 aliphatic rings. The number of amides is 1. The van der Waals surface area contributed by atoms with Gasteiger partial charge >= 0.3 is 12.1 Å². The minimum atomic E-state index is -4.89. The van der Waals surface area contributed by atoms with Crippen molar-refractivity contribution in [1.82, 2.24) is 5.32 Å². The first-order valence-electron chi connectivity index (χ1n) is 8.59. The van der Waals surface area contributed by atoms with Crippen LogP contribution >= 0.6 is 11.6 Å². The summed E-state index contributed by atoms with van der Waals surface area (Å²) < 4.78 is 45.2. The van der Waals surface area contributed by atoms with Gasteiger partial charge in [0.25, 0.3) is 11.6 Å². The number of nitro groups is 1. The van der Waals surface area contributed by atoms with Gasteiger partial charge in [0, 0.05) is 17.7 Å². The van der Waals surface area contributed by atoms with Gasteiger partial charge in [0.1, 0.15) is 6.04 Å². The summed E-state index contributed by atoms with van der Waals surface area (Å²) >= 11 is 6.17. The lowest BCUT2D eigenvalue weighted by Crippen LogP contribution is -2.40. The predicted molar refractivity (Wildman–Crippen MR) is 102 cm³/mol. The van der Waals surface area contributed by atoms with Gasteiger partial charge in [0.05, 0.1) is 27.7 Å². The van der Waals surface area contributed by atoms with E-state index in [1.165, 1.54) is 19.1 Å². The van der Waals surface area contributed by atoms with Crippen LogP contribution in [0.15, 0.2) is 36.4 Å². The van der Waals surface area contributed by atoms with E-state index in [-0.39, 0.29) is 23.4 Å². The molecule has 0 aliphatic carbocycles. The average Bonchev–Trinajstić information content (AvgIpc) is 2.67. The second-order valence-electron chi connectivity index (χ2n) is 6.10. The van der Waals surface area contributed by atoms with Gasteiger partial charge in [0.2, 0.25) is 0 Å². The van der Waals surface area contributed by atoms with Gasteiger partial charge < -0.3 is 10.1 Å². The number of nitrogens with one attached hydrogen (secondary N) is 1. The number of hydrogen-bond acceptors (Lipinski definition) is 5. The molecule has 1 amide bonds. The predicted octanol–water partition coefficient (Wildman–Crippen LogP) is 4.62. The lowest BCUT2D eigenvalue weighted by atomic mass is 9.97. The molecular formula is C19H16ClF3N2O5. The van der Waals surface area contributed by atoms with Crippen LogP contribution in [0.3, 0.4) is 0 Å². The number of esters is 1. The highest BCUT2D eigenvalue weighted by molar-refractivity contribution is 6.36. The Morgan fingerprint density at radius 1 is 1.20 bits per heavy atom. The third-order valence-corrected chi connectivity index (χ3v) is 4.44. The van der Waals surface area contributed by atoms with Crippen LogP contribution in [0.25, 0.3) is 11.1 Å². The molecule has 1 atom stereocenters.